The van der Waals surface area contributed by atoms with Gasteiger partial charge >= 0.3 is 0 Å². The van der Waals surface area contributed by atoms with Crippen LogP contribution in [0, 0.1) is 0 Å². The molecule has 0 amide bonds. The van der Waals surface area contributed by atoms with E-state index in [4.69, 9.17) is 4.42 Å². The van der Waals surface area contributed by atoms with Gasteiger partial charge in [-0.15, -0.1) is 0 Å². The van der Waals surface area contributed by atoms with Crippen molar-refractivity contribution >= 4 is 39.0 Å². The van der Waals surface area contributed by atoms with Crippen LogP contribution in [-0.4, -0.2) is 0 Å². The van der Waals surface area contributed by atoms with Gasteiger partial charge in [-0.2, -0.15) is 0 Å². The van der Waals surface area contributed by atoms with Gasteiger partial charge in [0.25, 0.3) is 0 Å². The minimum atomic E-state index is 0.859. The molecule has 0 spiro atoms. The molecular formula is C54H37NO. The molecule has 2 nitrogen and oxygen atoms in total. The fourth-order valence-corrected chi connectivity index (χ4v) is 8.10. The van der Waals surface area contributed by atoms with E-state index in [0.29, 0.717) is 0 Å². The summed E-state index contributed by atoms with van der Waals surface area (Å²) >= 11 is 0. The van der Waals surface area contributed by atoms with Crippen molar-refractivity contribution in [1.29, 1.82) is 0 Å². The lowest BCUT2D eigenvalue weighted by Gasteiger charge is -2.29. The van der Waals surface area contributed by atoms with Gasteiger partial charge in [0.1, 0.15) is 11.2 Å². The first kappa shape index (κ1) is 33.2. The Hall–Kier alpha value is -7.42. The Balaban J connectivity index is 1.16. The number of nitrogens with zero attached hydrogens (tertiary/aromatic N) is 1. The maximum Gasteiger partial charge on any atom is 0.137 e. The predicted molar refractivity (Wildman–Crippen MR) is 236 cm³/mol. The minimum absolute atomic E-state index is 0.859. The summed E-state index contributed by atoms with van der Waals surface area (Å²) in [5.74, 6) is 0. The topological polar surface area (TPSA) is 16.4 Å². The maximum absolute atomic E-state index is 6.46. The van der Waals surface area contributed by atoms with Gasteiger partial charge in [0.05, 0.1) is 16.8 Å². The summed E-state index contributed by atoms with van der Waals surface area (Å²) in [5, 5.41) is 2.17. The van der Waals surface area contributed by atoms with Crippen molar-refractivity contribution in [2.24, 2.45) is 0 Å². The van der Waals surface area contributed by atoms with Crippen LogP contribution in [0.3, 0.4) is 0 Å². The van der Waals surface area contributed by atoms with E-state index in [9.17, 15) is 0 Å². The summed E-state index contributed by atoms with van der Waals surface area (Å²) in [7, 11) is 0. The number of anilines is 3. The molecule has 0 atom stereocenters. The molecule has 0 unspecified atom stereocenters. The number of para-hydroxylation sites is 2. The molecule has 10 rings (SSSR count). The lowest BCUT2D eigenvalue weighted by molar-refractivity contribution is 0.669. The van der Waals surface area contributed by atoms with Crippen LogP contribution in [0.1, 0.15) is 0 Å². The molecular weight excluding hydrogens is 679 g/mol. The first-order valence-corrected chi connectivity index (χ1v) is 19.1. The molecule has 0 N–H and O–H groups in total. The van der Waals surface area contributed by atoms with Crippen molar-refractivity contribution in [3.05, 3.63) is 224 Å². The van der Waals surface area contributed by atoms with Crippen molar-refractivity contribution in [1.82, 2.24) is 0 Å². The van der Waals surface area contributed by atoms with E-state index >= 15 is 0 Å². The highest BCUT2D eigenvalue weighted by atomic mass is 16.3. The Morgan fingerprint density at radius 2 is 0.750 bits per heavy atom. The smallest absolute Gasteiger partial charge is 0.137 e. The average Bonchev–Trinajstić information content (AvgIpc) is 3.67. The lowest BCUT2D eigenvalue weighted by atomic mass is 9.88. The third-order valence-electron chi connectivity index (χ3n) is 10.7. The number of furan rings is 1. The number of fused-ring (bicyclic) bond motifs is 3. The second-order valence-corrected chi connectivity index (χ2v) is 14.1. The van der Waals surface area contributed by atoms with Gasteiger partial charge in [0.15, 0.2) is 0 Å². The van der Waals surface area contributed by atoms with E-state index in [1.165, 1.54) is 38.9 Å². The molecule has 264 valence electrons. The lowest BCUT2D eigenvalue weighted by Crippen LogP contribution is -2.11. The van der Waals surface area contributed by atoms with Crippen LogP contribution in [0.15, 0.2) is 229 Å². The van der Waals surface area contributed by atoms with Crippen LogP contribution >= 0.6 is 0 Å². The normalized spacial score (nSPS) is 11.2. The first-order chi connectivity index (χ1) is 27.8. The molecule has 9 aromatic carbocycles. The van der Waals surface area contributed by atoms with E-state index in [2.05, 4.69) is 223 Å². The number of hydrogen-bond donors (Lipinski definition) is 0. The fourth-order valence-electron chi connectivity index (χ4n) is 8.10. The molecule has 0 saturated heterocycles. The van der Waals surface area contributed by atoms with Crippen molar-refractivity contribution < 1.29 is 4.42 Å². The minimum Gasteiger partial charge on any atom is -0.456 e. The predicted octanol–water partition coefficient (Wildman–Crippen LogP) is 15.4. The molecule has 0 radical (unpaired) electrons. The summed E-state index contributed by atoms with van der Waals surface area (Å²) in [4.78, 5) is 2.41. The summed E-state index contributed by atoms with van der Waals surface area (Å²) in [5.41, 5.74) is 16.7. The number of hydrogen-bond acceptors (Lipinski definition) is 2. The summed E-state index contributed by atoms with van der Waals surface area (Å²) in [6.45, 7) is 0. The Labute approximate surface area is 327 Å². The molecule has 10 aromatic rings. The van der Waals surface area contributed by atoms with Crippen LogP contribution in [0.2, 0.25) is 0 Å². The zero-order valence-corrected chi connectivity index (χ0v) is 30.7. The van der Waals surface area contributed by atoms with Crippen LogP contribution in [0.5, 0.6) is 0 Å². The van der Waals surface area contributed by atoms with Crippen LogP contribution < -0.4 is 4.90 Å². The van der Waals surface area contributed by atoms with Crippen molar-refractivity contribution in [2.75, 3.05) is 4.90 Å². The molecule has 56 heavy (non-hydrogen) atoms. The Bertz CT molecular complexity index is 2960. The Morgan fingerprint density at radius 1 is 0.286 bits per heavy atom. The monoisotopic (exact) mass is 715 g/mol. The van der Waals surface area contributed by atoms with Crippen molar-refractivity contribution in [3.8, 4) is 55.6 Å². The summed E-state index contributed by atoms with van der Waals surface area (Å²) in [6, 6.07) is 80.0. The van der Waals surface area contributed by atoms with Gasteiger partial charge in [0, 0.05) is 16.6 Å². The molecule has 0 aliphatic heterocycles. The third-order valence-corrected chi connectivity index (χ3v) is 10.7. The van der Waals surface area contributed by atoms with Gasteiger partial charge in [-0.1, -0.05) is 182 Å². The second kappa shape index (κ2) is 14.4. The molecule has 0 aliphatic rings. The van der Waals surface area contributed by atoms with Gasteiger partial charge in [0.2, 0.25) is 0 Å². The maximum atomic E-state index is 6.46. The highest BCUT2D eigenvalue weighted by molar-refractivity contribution is 6.14. The summed E-state index contributed by atoms with van der Waals surface area (Å²) < 4.78 is 6.46. The number of benzene rings is 9. The van der Waals surface area contributed by atoms with E-state index in [0.717, 1.165) is 55.7 Å². The molecule has 0 aliphatic carbocycles. The van der Waals surface area contributed by atoms with Crippen molar-refractivity contribution in [3.63, 3.8) is 0 Å². The fraction of sp³-hybridized carbons (Fsp3) is 0. The highest BCUT2D eigenvalue weighted by Gasteiger charge is 2.23. The largest absolute Gasteiger partial charge is 0.456 e. The van der Waals surface area contributed by atoms with E-state index in [1.807, 2.05) is 6.07 Å². The highest BCUT2D eigenvalue weighted by Crippen LogP contribution is 2.48. The zero-order chi connectivity index (χ0) is 37.3. The molecule has 1 heterocycles. The van der Waals surface area contributed by atoms with Crippen LogP contribution in [0.25, 0.3) is 77.6 Å². The molecule has 2 heteroatoms. The zero-order valence-electron chi connectivity index (χ0n) is 30.7. The average molecular weight is 716 g/mol. The third kappa shape index (κ3) is 6.04. The van der Waals surface area contributed by atoms with Gasteiger partial charge in [-0.05, 0) is 92.5 Å². The van der Waals surface area contributed by atoms with Crippen LogP contribution in [0.4, 0.5) is 17.1 Å². The van der Waals surface area contributed by atoms with Crippen LogP contribution in [-0.2, 0) is 0 Å². The molecule has 0 bridgehead atoms. The van der Waals surface area contributed by atoms with Crippen molar-refractivity contribution in [2.45, 2.75) is 0 Å². The van der Waals surface area contributed by atoms with Gasteiger partial charge in [-0.3, -0.25) is 0 Å². The second-order valence-electron chi connectivity index (χ2n) is 14.1. The Kier molecular flexibility index (Phi) is 8.55. The summed E-state index contributed by atoms with van der Waals surface area (Å²) in [6.07, 6.45) is 0. The molecule has 0 fully saturated rings. The van der Waals surface area contributed by atoms with E-state index in [1.54, 1.807) is 0 Å². The molecule has 0 saturated carbocycles. The van der Waals surface area contributed by atoms with Gasteiger partial charge in [-0.25, -0.2) is 0 Å². The SMILES string of the molecule is c1ccc(-c2cccc(-c3ccc(N(c4ccccc4-c4ccccc4-c4ccccc4-c4ccccc4)c4cccc5oc6ccccc6c45)cc3)c2)cc1. The quantitative estimate of drug-likeness (QED) is 0.156. The Morgan fingerprint density at radius 3 is 1.46 bits per heavy atom. The van der Waals surface area contributed by atoms with Gasteiger partial charge < -0.3 is 9.32 Å². The van der Waals surface area contributed by atoms with E-state index in [-0.39, 0.29) is 0 Å². The number of rotatable bonds is 8. The first-order valence-electron chi connectivity index (χ1n) is 19.1. The standard InChI is InChI=1S/C54H37NO/c1-3-17-38(18-4-1)41-21-15-22-42(37-41)39-33-35-43(36-34-39)55(51-30-16-32-53-54(51)49-28-12-14-31-52(49)56-53)50-29-13-11-27-48(50)47-26-10-9-25-46(47)45-24-8-7-23-44(45)40-19-5-2-6-20-40/h1-37H. The molecule has 1 aromatic heterocycles. The van der Waals surface area contributed by atoms with E-state index < -0.39 is 0 Å².